The molecular formula is C23H27N3O3. The average Bonchev–Trinajstić information content (AvgIpc) is 3.01. The van der Waals surface area contributed by atoms with E-state index in [1.165, 1.54) is 15.7 Å². The molecule has 4 rings (SSSR count). The first-order valence-electron chi connectivity index (χ1n) is 10.2. The van der Waals surface area contributed by atoms with E-state index in [0.29, 0.717) is 18.0 Å². The molecule has 3 aromatic rings. The number of aryl methyl sites for hydroxylation is 1. The summed E-state index contributed by atoms with van der Waals surface area (Å²) in [6.07, 6.45) is 2.63. The van der Waals surface area contributed by atoms with E-state index in [-0.39, 0.29) is 17.8 Å². The summed E-state index contributed by atoms with van der Waals surface area (Å²) in [5.41, 5.74) is 3.83. The van der Waals surface area contributed by atoms with Gasteiger partial charge in [-0.25, -0.2) is 9.59 Å². The molecule has 2 atom stereocenters. The van der Waals surface area contributed by atoms with Gasteiger partial charge in [0.05, 0.1) is 5.52 Å². The van der Waals surface area contributed by atoms with Gasteiger partial charge in [0.1, 0.15) is 0 Å². The second-order valence-corrected chi connectivity index (χ2v) is 7.89. The maximum atomic E-state index is 12.6. The standard InChI is InChI=1S/C23H27N3O3/c1-16-14-19(18-8-9-20-21(15-18)29-23(28)25(20)2)11-13-26(16)22(27)24-12-10-17-6-4-3-5-7-17/h3-9,15-16,19H,10-14H2,1-2H3,(H,24,27)/t16-,19?/m1/s1. The van der Waals surface area contributed by atoms with Crippen LogP contribution in [0.3, 0.4) is 0 Å². The minimum atomic E-state index is -0.340. The number of hydrogen-bond acceptors (Lipinski definition) is 3. The van der Waals surface area contributed by atoms with Gasteiger partial charge in [0.2, 0.25) is 0 Å². The third kappa shape index (κ3) is 4.06. The Kier molecular flexibility index (Phi) is 5.43. The van der Waals surface area contributed by atoms with Crippen LogP contribution in [0.4, 0.5) is 4.79 Å². The molecule has 152 valence electrons. The summed E-state index contributed by atoms with van der Waals surface area (Å²) < 4.78 is 6.85. The van der Waals surface area contributed by atoms with Crippen molar-refractivity contribution in [2.75, 3.05) is 13.1 Å². The summed E-state index contributed by atoms with van der Waals surface area (Å²) in [7, 11) is 1.71. The first kappa shape index (κ1) is 19.3. The molecule has 6 heteroatoms. The van der Waals surface area contributed by atoms with Crippen LogP contribution in [0.15, 0.2) is 57.7 Å². The topological polar surface area (TPSA) is 67.5 Å². The average molecular weight is 393 g/mol. The number of fused-ring (bicyclic) bond motifs is 1. The number of amides is 2. The van der Waals surface area contributed by atoms with Gasteiger partial charge < -0.3 is 14.6 Å². The number of nitrogens with one attached hydrogen (secondary N) is 1. The first-order chi connectivity index (χ1) is 14.0. The highest BCUT2D eigenvalue weighted by Gasteiger charge is 2.29. The number of rotatable bonds is 4. The lowest BCUT2D eigenvalue weighted by Crippen LogP contribution is -2.49. The number of hydrogen-bond donors (Lipinski definition) is 1. The molecule has 1 aliphatic heterocycles. The maximum Gasteiger partial charge on any atom is 0.419 e. The van der Waals surface area contributed by atoms with Crippen LogP contribution in [0, 0.1) is 0 Å². The molecule has 0 aliphatic carbocycles. The number of likely N-dealkylation sites (tertiary alicyclic amines) is 1. The van der Waals surface area contributed by atoms with Gasteiger partial charge in [0, 0.05) is 26.2 Å². The predicted molar refractivity (Wildman–Crippen MR) is 113 cm³/mol. The lowest BCUT2D eigenvalue weighted by molar-refractivity contribution is 0.150. The van der Waals surface area contributed by atoms with Crippen LogP contribution in [0.5, 0.6) is 0 Å². The van der Waals surface area contributed by atoms with Crippen molar-refractivity contribution in [1.29, 1.82) is 0 Å². The summed E-state index contributed by atoms with van der Waals surface area (Å²) in [6.45, 7) is 3.46. The zero-order valence-electron chi connectivity index (χ0n) is 16.9. The molecule has 1 N–H and O–H groups in total. The number of benzene rings is 2. The van der Waals surface area contributed by atoms with Gasteiger partial charge in [-0.15, -0.1) is 0 Å². The summed E-state index contributed by atoms with van der Waals surface area (Å²) in [4.78, 5) is 26.3. The highest BCUT2D eigenvalue weighted by Crippen LogP contribution is 2.33. The zero-order valence-corrected chi connectivity index (χ0v) is 16.9. The predicted octanol–water partition coefficient (Wildman–Crippen LogP) is 3.65. The second kappa shape index (κ2) is 8.15. The van der Waals surface area contributed by atoms with Crippen LogP contribution in [0.2, 0.25) is 0 Å². The molecule has 29 heavy (non-hydrogen) atoms. The fourth-order valence-corrected chi connectivity index (χ4v) is 4.24. The van der Waals surface area contributed by atoms with Gasteiger partial charge in [-0.2, -0.15) is 0 Å². The Morgan fingerprint density at radius 2 is 2.00 bits per heavy atom. The third-order valence-electron chi connectivity index (χ3n) is 5.96. The van der Waals surface area contributed by atoms with Crippen LogP contribution in [0.25, 0.3) is 11.1 Å². The molecule has 1 unspecified atom stereocenters. The largest absolute Gasteiger partial charge is 0.419 e. The van der Waals surface area contributed by atoms with Crippen molar-refractivity contribution in [2.45, 2.75) is 38.1 Å². The molecule has 1 saturated heterocycles. The second-order valence-electron chi connectivity index (χ2n) is 7.89. The number of nitrogens with zero attached hydrogens (tertiary/aromatic N) is 2. The number of carbonyl (C=O) groups is 1. The summed E-state index contributed by atoms with van der Waals surface area (Å²) in [5, 5.41) is 3.05. The third-order valence-corrected chi connectivity index (χ3v) is 5.96. The van der Waals surface area contributed by atoms with Crippen molar-refractivity contribution in [1.82, 2.24) is 14.8 Å². The van der Waals surface area contributed by atoms with E-state index in [0.717, 1.165) is 31.3 Å². The Labute approximate surface area is 170 Å². The number of urea groups is 1. The Balaban J connectivity index is 1.35. The van der Waals surface area contributed by atoms with Gasteiger partial charge in [0.25, 0.3) is 0 Å². The molecule has 1 fully saturated rings. The fourth-order valence-electron chi connectivity index (χ4n) is 4.24. The summed E-state index contributed by atoms with van der Waals surface area (Å²) in [5.74, 6) is 0.0146. The molecule has 1 aromatic heterocycles. The molecule has 2 amide bonds. The Bertz CT molecular complexity index is 1050. The van der Waals surface area contributed by atoms with Crippen LogP contribution in [-0.4, -0.2) is 34.6 Å². The van der Waals surface area contributed by atoms with E-state index in [1.54, 1.807) is 7.05 Å². The van der Waals surface area contributed by atoms with Crippen LogP contribution in [0.1, 0.15) is 36.8 Å². The Morgan fingerprint density at radius 1 is 1.21 bits per heavy atom. The molecule has 2 heterocycles. The summed E-state index contributed by atoms with van der Waals surface area (Å²) in [6, 6.07) is 16.3. The van der Waals surface area contributed by atoms with Crippen molar-refractivity contribution in [3.63, 3.8) is 0 Å². The lowest BCUT2D eigenvalue weighted by Gasteiger charge is -2.37. The van der Waals surface area contributed by atoms with Crippen molar-refractivity contribution in [3.05, 3.63) is 70.2 Å². The summed E-state index contributed by atoms with van der Waals surface area (Å²) >= 11 is 0. The normalized spacial score (nSPS) is 19.4. The SMILES string of the molecule is C[C@@H]1CC(c2ccc3c(c2)oc(=O)n3C)CCN1C(=O)NCCc1ccccc1. The van der Waals surface area contributed by atoms with E-state index in [1.807, 2.05) is 35.2 Å². The molecule has 1 aliphatic rings. The van der Waals surface area contributed by atoms with Gasteiger partial charge in [0.15, 0.2) is 5.58 Å². The number of carbonyl (C=O) groups excluding carboxylic acids is 1. The lowest BCUT2D eigenvalue weighted by atomic mass is 9.86. The monoisotopic (exact) mass is 393 g/mol. The maximum absolute atomic E-state index is 12.6. The Morgan fingerprint density at radius 3 is 2.76 bits per heavy atom. The minimum Gasteiger partial charge on any atom is -0.408 e. The van der Waals surface area contributed by atoms with Crippen LogP contribution < -0.4 is 11.1 Å². The van der Waals surface area contributed by atoms with Crippen molar-refractivity contribution >= 4 is 17.1 Å². The van der Waals surface area contributed by atoms with Crippen molar-refractivity contribution < 1.29 is 9.21 Å². The van der Waals surface area contributed by atoms with E-state index >= 15 is 0 Å². The van der Waals surface area contributed by atoms with Gasteiger partial charge in [-0.1, -0.05) is 36.4 Å². The number of piperidine rings is 1. The van der Waals surface area contributed by atoms with Crippen molar-refractivity contribution in [3.8, 4) is 0 Å². The molecule has 0 radical (unpaired) electrons. The molecule has 2 aromatic carbocycles. The van der Waals surface area contributed by atoms with Gasteiger partial charge in [-0.05, 0) is 55.4 Å². The molecule has 0 bridgehead atoms. The fraction of sp³-hybridized carbons (Fsp3) is 0.391. The highest BCUT2D eigenvalue weighted by atomic mass is 16.4. The number of oxazole rings is 1. The minimum absolute atomic E-state index is 0.0105. The van der Waals surface area contributed by atoms with Crippen LogP contribution >= 0.6 is 0 Å². The highest BCUT2D eigenvalue weighted by molar-refractivity contribution is 5.75. The molecular weight excluding hydrogens is 366 g/mol. The smallest absolute Gasteiger partial charge is 0.408 e. The van der Waals surface area contributed by atoms with Gasteiger partial charge in [-0.3, -0.25) is 4.57 Å². The van der Waals surface area contributed by atoms with E-state index in [2.05, 4.69) is 30.4 Å². The molecule has 0 saturated carbocycles. The molecule has 6 nitrogen and oxygen atoms in total. The quantitative estimate of drug-likeness (QED) is 0.736. The zero-order chi connectivity index (χ0) is 20.4. The first-order valence-corrected chi connectivity index (χ1v) is 10.2. The molecule has 0 spiro atoms. The Hall–Kier alpha value is -3.02. The van der Waals surface area contributed by atoms with Gasteiger partial charge >= 0.3 is 11.8 Å². The van der Waals surface area contributed by atoms with Crippen LogP contribution in [-0.2, 0) is 13.5 Å². The van der Waals surface area contributed by atoms with E-state index in [9.17, 15) is 9.59 Å². The number of aromatic nitrogens is 1. The van der Waals surface area contributed by atoms with Crippen molar-refractivity contribution in [2.24, 2.45) is 7.05 Å². The van der Waals surface area contributed by atoms with E-state index < -0.39 is 0 Å². The van der Waals surface area contributed by atoms with E-state index in [4.69, 9.17) is 4.42 Å².